The maximum atomic E-state index is 5.85. The second kappa shape index (κ2) is 2.40. The standard InChI is InChI=1S/C9H7Cl2/c10-9(11)6-8(9)7-4-2-1-3-5-7/h1-6,8H. The zero-order chi connectivity index (χ0) is 7.90. The third-order valence-corrected chi connectivity index (χ3v) is 2.58. The maximum Gasteiger partial charge on any atom is 0.129 e. The molecule has 1 fully saturated rings. The molecular weight excluding hydrogens is 179 g/mol. The first-order valence-corrected chi connectivity index (χ1v) is 4.24. The summed E-state index contributed by atoms with van der Waals surface area (Å²) in [7, 11) is 0. The fourth-order valence-corrected chi connectivity index (χ4v) is 1.66. The van der Waals surface area contributed by atoms with Gasteiger partial charge in [-0.2, -0.15) is 0 Å². The molecule has 57 valence electrons. The lowest BCUT2D eigenvalue weighted by Crippen LogP contribution is -1.88. The van der Waals surface area contributed by atoms with Gasteiger partial charge >= 0.3 is 0 Å². The molecule has 1 atom stereocenters. The van der Waals surface area contributed by atoms with Crippen LogP contribution in [-0.2, 0) is 0 Å². The van der Waals surface area contributed by atoms with Crippen LogP contribution in [0.5, 0.6) is 0 Å². The van der Waals surface area contributed by atoms with Gasteiger partial charge in [0.15, 0.2) is 0 Å². The fraction of sp³-hybridized carbons (Fsp3) is 0.222. The van der Waals surface area contributed by atoms with Crippen LogP contribution in [0, 0.1) is 6.42 Å². The van der Waals surface area contributed by atoms with E-state index in [1.807, 2.05) is 36.8 Å². The number of alkyl halides is 2. The summed E-state index contributed by atoms with van der Waals surface area (Å²) in [6.07, 6.45) is 1.92. The minimum Gasteiger partial charge on any atom is -0.101 e. The first kappa shape index (κ1) is 7.45. The average Bonchev–Trinajstić information content (AvgIpc) is 2.62. The molecule has 2 heteroatoms. The first-order valence-electron chi connectivity index (χ1n) is 3.49. The van der Waals surface area contributed by atoms with Gasteiger partial charge in [0.2, 0.25) is 0 Å². The van der Waals surface area contributed by atoms with Crippen molar-refractivity contribution in [3.05, 3.63) is 42.3 Å². The summed E-state index contributed by atoms with van der Waals surface area (Å²) in [5.74, 6) is 0.229. The number of benzene rings is 1. The molecule has 0 aliphatic heterocycles. The Hall–Kier alpha value is -0.200. The van der Waals surface area contributed by atoms with Crippen LogP contribution in [0.15, 0.2) is 30.3 Å². The van der Waals surface area contributed by atoms with Gasteiger partial charge in [-0.3, -0.25) is 0 Å². The molecule has 11 heavy (non-hydrogen) atoms. The second-order valence-electron chi connectivity index (χ2n) is 2.73. The van der Waals surface area contributed by atoms with Crippen molar-refractivity contribution in [1.29, 1.82) is 0 Å². The monoisotopic (exact) mass is 185 g/mol. The second-order valence-corrected chi connectivity index (χ2v) is 4.17. The quantitative estimate of drug-likeness (QED) is 0.591. The van der Waals surface area contributed by atoms with Crippen molar-refractivity contribution >= 4 is 23.2 Å². The van der Waals surface area contributed by atoms with Gasteiger partial charge < -0.3 is 0 Å². The van der Waals surface area contributed by atoms with Gasteiger partial charge in [-0.25, -0.2) is 0 Å². The van der Waals surface area contributed by atoms with E-state index in [0.717, 1.165) is 0 Å². The van der Waals surface area contributed by atoms with Gasteiger partial charge in [0.1, 0.15) is 4.33 Å². The molecule has 0 nitrogen and oxygen atoms in total. The lowest BCUT2D eigenvalue weighted by atomic mass is 10.1. The molecule has 0 saturated heterocycles. The highest BCUT2D eigenvalue weighted by atomic mass is 35.5. The third-order valence-electron chi connectivity index (χ3n) is 1.85. The fourth-order valence-electron chi connectivity index (χ4n) is 1.15. The van der Waals surface area contributed by atoms with Crippen LogP contribution in [0.2, 0.25) is 0 Å². The van der Waals surface area contributed by atoms with Gasteiger partial charge in [-0.1, -0.05) is 30.3 Å². The van der Waals surface area contributed by atoms with Gasteiger partial charge in [0.05, 0.1) is 0 Å². The Balaban J connectivity index is 2.21. The molecule has 0 heterocycles. The Morgan fingerprint density at radius 3 is 2.09 bits per heavy atom. The minimum atomic E-state index is -0.610. The van der Waals surface area contributed by atoms with E-state index >= 15 is 0 Å². The number of rotatable bonds is 1. The Labute approximate surface area is 76.1 Å². The Morgan fingerprint density at radius 1 is 1.09 bits per heavy atom. The molecule has 1 saturated carbocycles. The Bertz CT molecular complexity index is 254. The molecule has 1 aliphatic rings. The molecule has 1 aromatic rings. The molecule has 0 N–H and O–H groups in total. The predicted octanol–water partition coefficient (Wildman–Crippen LogP) is 3.16. The van der Waals surface area contributed by atoms with Crippen molar-refractivity contribution in [3.8, 4) is 0 Å². The van der Waals surface area contributed by atoms with Crippen molar-refractivity contribution in [2.45, 2.75) is 10.3 Å². The van der Waals surface area contributed by atoms with E-state index in [-0.39, 0.29) is 5.92 Å². The zero-order valence-corrected chi connectivity index (χ0v) is 7.31. The molecule has 1 unspecified atom stereocenters. The Kier molecular flexibility index (Phi) is 1.62. The van der Waals surface area contributed by atoms with E-state index in [0.29, 0.717) is 0 Å². The largest absolute Gasteiger partial charge is 0.129 e. The highest BCUT2D eigenvalue weighted by Crippen LogP contribution is 2.58. The normalized spacial score (nSPS) is 26.5. The number of halogens is 2. The highest BCUT2D eigenvalue weighted by Gasteiger charge is 2.52. The molecule has 1 aromatic carbocycles. The van der Waals surface area contributed by atoms with Gasteiger partial charge in [0, 0.05) is 12.3 Å². The summed E-state index contributed by atoms with van der Waals surface area (Å²) in [4.78, 5) is 0. The van der Waals surface area contributed by atoms with E-state index in [2.05, 4.69) is 0 Å². The summed E-state index contributed by atoms with van der Waals surface area (Å²) in [6.45, 7) is 0. The number of hydrogen-bond donors (Lipinski definition) is 0. The van der Waals surface area contributed by atoms with Crippen LogP contribution >= 0.6 is 23.2 Å². The average molecular weight is 186 g/mol. The van der Waals surface area contributed by atoms with Crippen LogP contribution in [0.4, 0.5) is 0 Å². The van der Waals surface area contributed by atoms with E-state index in [1.54, 1.807) is 0 Å². The maximum absolute atomic E-state index is 5.85. The van der Waals surface area contributed by atoms with Crippen molar-refractivity contribution in [1.82, 2.24) is 0 Å². The van der Waals surface area contributed by atoms with Crippen molar-refractivity contribution in [2.75, 3.05) is 0 Å². The minimum absolute atomic E-state index is 0.229. The van der Waals surface area contributed by atoms with E-state index in [9.17, 15) is 0 Å². The van der Waals surface area contributed by atoms with Gasteiger partial charge in [-0.05, 0) is 5.56 Å². The Morgan fingerprint density at radius 2 is 1.64 bits per heavy atom. The smallest absolute Gasteiger partial charge is 0.101 e. The van der Waals surface area contributed by atoms with Crippen molar-refractivity contribution < 1.29 is 0 Å². The van der Waals surface area contributed by atoms with Crippen LogP contribution in [0.25, 0.3) is 0 Å². The summed E-state index contributed by atoms with van der Waals surface area (Å²) in [6, 6.07) is 10.0. The number of hydrogen-bond acceptors (Lipinski definition) is 0. The molecule has 0 amide bonds. The van der Waals surface area contributed by atoms with Gasteiger partial charge in [-0.15, -0.1) is 23.2 Å². The summed E-state index contributed by atoms with van der Waals surface area (Å²) in [5.41, 5.74) is 1.19. The first-order chi connectivity index (χ1) is 5.20. The van der Waals surface area contributed by atoms with E-state index in [4.69, 9.17) is 23.2 Å². The molecule has 1 radical (unpaired) electrons. The molecule has 0 aromatic heterocycles. The van der Waals surface area contributed by atoms with Crippen LogP contribution in [0.1, 0.15) is 11.5 Å². The highest BCUT2D eigenvalue weighted by molar-refractivity contribution is 6.53. The molecule has 2 rings (SSSR count). The molecule has 1 aliphatic carbocycles. The van der Waals surface area contributed by atoms with Crippen molar-refractivity contribution in [2.24, 2.45) is 0 Å². The van der Waals surface area contributed by atoms with Crippen molar-refractivity contribution in [3.63, 3.8) is 0 Å². The SMILES string of the molecule is ClC1(Cl)[CH]C1c1ccccc1. The van der Waals surface area contributed by atoms with Crippen LogP contribution < -0.4 is 0 Å². The lowest BCUT2D eigenvalue weighted by Gasteiger charge is -1.98. The van der Waals surface area contributed by atoms with Crippen LogP contribution in [0.3, 0.4) is 0 Å². The predicted molar refractivity (Wildman–Crippen MR) is 47.9 cm³/mol. The van der Waals surface area contributed by atoms with E-state index in [1.165, 1.54) is 5.56 Å². The van der Waals surface area contributed by atoms with Gasteiger partial charge in [0.25, 0.3) is 0 Å². The molecule has 0 spiro atoms. The summed E-state index contributed by atoms with van der Waals surface area (Å²) >= 11 is 11.7. The third kappa shape index (κ3) is 1.38. The zero-order valence-electron chi connectivity index (χ0n) is 5.80. The van der Waals surface area contributed by atoms with E-state index < -0.39 is 4.33 Å². The topological polar surface area (TPSA) is 0 Å². The molecular formula is C9H7Cl2. The summed E-state index contributed by atoms with van der Waals surface area (Å²) in [5, 5.41) is 0. The molecule has 0 bridgehead atoms. The lowest BCUT2D eigenvalue weighted by molar-refractivity contribution is 1.12. The van der Waals surface area contributed by atoms with Crippen LogP contribution in [-0.4, -0.2) is 4.33 Å². The summed E-state index contributed by atoms with van der Waals surface area (Å²) < 4.78 is -0.610.